The molecule has 4 heterocycles. The molecule has 3 aliphatic heterocycles. The minimum atomic E-state index is -0.320. The second-order valence-electron chi connectivity index (χ2n) is 9.18. The van der Waals surface area contributed by atoms with Crippen LogP contribution in [0.25, 0.3) is 0 Å². The molecule has 3 aliphatic rings. The number of hydrogen-bond donors (Lipinski definition) is 0. The van der Waals surface area contributed by atoms with Crippen molar-refractivity contribution in [3.8, 4) is 5.75 Å². The largest absolute Gasteiger partial charge is 0.497 e. The van der Waals surface area contributed by atoms with Crippen molar-refractivity contribution in [2.45, 2.75) is 13.3 Å². The third kappa shape index (κ3) is 5.02. The molecular formula is C25H32N6O4. The van der Waals surface area contributed by atoms with Crippen LogP contribution in [0.2, 0.25) is 0 Å². The van der Waals surface area contributed by atoms with E-state index in [-0.39, 0.29) is 24.2 Å². The molecule has 0 bridgehead atoms. The highest BCUT2D eigenvalue weighted by molar-refractivity contribution is 6.00. The maximum atomic E-state index is 13.2. The lowest BCUT2D eigenvalue weighted by Gasteiger charge is -2.36. The number of carbonyl (C=O) groups is 2. The number of piperazine rings is 1. The Hall–Kier alpha value is -3.40. The van der Waals surface area contributed by atoms with Crippen LogP contribution in [-0.4, -0.2) is 92.8 Å². The minimum Gasteiger partial charge on any atom is -0.497 e. The van der Waals surface area contributed by atoms with Gasteiger partial charge in [-0.25, -0.2) is 4.98 Å². The summed E-state index contributed by atoms with van der Waals surface area (Å²) >= 11 is 0. The topological polar surface area (TPSA) is 91.3 Å². The fraction of sp³-hybridized carbons (Fsp3) is 0.520. The highest BCUT2D eigenvalue weighted by Crippen LogP contribution is 2.28. The number of aromatic nitrogens is 2. The number of aryl methyl sites for hydroxylation is 1. The molecule has 1 aromatic carbocycles. The van der Waals surface area contributed by atoms with Crippen molar-refractivity contribution < 1.29 is 19.1 Å². The van der Waals surface area contributed by atoms with Gasteiger partial charge in [0.2, 0.25) is 17.8 Å². The predicted octanol–water partition coefficient (Wildman–Crippen LogP) is 1.33. The van der Waals surface area contributed by atoms with E-state index in [1.807, 2.05) is 42.2 Å². The molecule has 1 atom stereocenters. The van der Waals surface area contributed by atoms with Crippen LogP contribution in [0.15, 0.2) is 30.3 Å². The molecule has 3 fully saturated rings. The maximum Gasteiger partial charge on any atom is 0.228 e. The summed E-state index contributed by atoms with van der Waals surface area (Å²) < 4.78 is 10.7. The fourth-order valence-corrected chi connectivity index (χ4v) is 4.90. The molecule has 35 heavy (non-hydrogen) atoms. The summed E-state index contributed by atoms with van der Waals surface area (Å²) in [4.78, 5) is 43.3. The summed E-state index contributed by atoms with van der Waals surface area (Å²) in [5, 5.41) is 0. The zero-order chi connectivity index (χ0) is 24.4. The van der Waals surface area contributed by atoms with Crippen LogP contribution in [0.4, 0.5) is 17.5 Å². The van der Waals surface area contributed by atoms with Crippen LogP contribution in [0.1, 0.15) is 12.1 Å². The van der Waals surface area contributed by atoms with Crippen LogP contribution in [-0.2, 0) is 14.3 Å². The molecule has 3 saturated heterocycles. The van der Waals surface area contributed by atoms with Gasteiger partial charge in [-0.15, -0.1) is 0 Å². The maximum absolute atomic E-state index is 13.2. The van der Waals surface area contributed by atoms with Crippen molar-refractivity contribution >= 4 is 29.3 Å². The van der Waals surface area contributed by atoms with Gasteiger partial charge in [-0.1, -0.05) is 0 Å². The van der Waals surface area contributed by atoms with Crippen LogP contribution < -0.4 is 19.4 Å². The first kappa shape index (κ1) is 23.3. The lowest BCUT2D eigenvalue weighted by molar-refractivity contribution is -0.136. The van der Waals surface area contributed by atoms with Gasteiger partial charge in [0.25, 0.3) is 0 Å². The van der Waals surface area contributed by atoms with Crippen molar-refractivity contribution in [1.82, 2.24) is 14.9 Å². The SMILES string of the molecule is COc1ccc(N2CC(C(=O)N3CCN(c4nc(C)cc(N5CCOCC5)n4)CC3)CC2=O)cc1. The predicted molar refractivity (Wildman–Crippen MR) is 132 cm³/mol. The normalized spacial score (nSPS) is 21.0. The molecule has 0 saturated carbocycles. The van der Waals surface area contributed by atoms with Crippen molar-refractivity contribution in [2.24, 2.45) is 5.92 Å². The van der Waals surface area contributed by atoms with Gasteiger partial charge < -0.3 is 29.1 Å². The van der Waals surface area contributed by atoms with Gasteiger partial charge in [-0.2, -0.15) is 4.98 Å². The lowest BCUT2D eigenvalue weighted by atomic mass is 10.1. The number of ether oxygens (including phenoxy) is 2. The Morgan fingerprint density at radius 2 is 1.71 bits per heavy atom. The number of anilines is 3. The van der Waals surface area contributed by atoms with Crippen LogP contribution >= 0.6 is 0 Å². The number of benzene rings is 1. The van der Waals surface area contributed by atoms with E-state index in [4.69, 9.17) is 14.5 Å². The number of morpholine rings is 1. The van der Waals surface area contributed by atoms with Crippen molar-refractivity contribution in [3.05, 3.63) is 36.0 Å². The average molecular weight is 481 g/mol. The molecule has 186 valence electrons. The van der Waals surface area contributed by atoms with E-state index in [9.17, 15) is 9.59 Å². The first-order chi connectivity index (χ1) is 17.0. The van der Waals surface area contributed by atoms with Gasteiger partial charge in [0.05, 0.1) is 26.2 Å². The fourth-order valence-electron chi connectivity index (χ4n) is 4.90. The van der Waals surface area contributed by atoms with Gasteiger partial charge in [0.15, 0.2) is 0 Å². The third-order valence-corrected chi connectivity index (χ3v) is 6.90. The minimum absolute atomic E-state index is 0.0176. The van der Waals surface area contributed by atoms with E-state index < -0.39 is 0 Å². The smallest absolute Gasteiger partial charge is 0.228 e. The number of rotatable bonds is 5. The Labute approximate surface area is 205 Å². The Morgan fingerprint density at radius 3 is 2.40 bits per heavy atom. The van der Waals surface area contributed by atoms with Gasteiger partial charge in [0, 0.05) is 69.7 Å². The lowest BCUT2D eigenvalue weighted by Crippen LogP contribution is -2.51. The molecule has 0 N–H and O–H groups in total. The molecular weight excluding hydrogens is 448 g/mol. The molecule has 2 aromatic rings. The van der Waals surface area contributed by atoms with Crippen LogP contribution in [0.3, 0.4) is 0 Å². The Balaban J connectivity index is 1.19. The average Bonchev–Trinajstić information content (AvgIpc) is 3.30. The number of methoxy groups -OCH3 is 1. The van der Waals surface area contributed by atoms with E-state index in [1.54, 1.807) is 12.0 Å². The van der Waals surface area contributed by atoms with E-state index in [2.05, 4.69) is 14.8 Å². The number of amides is 2. The zero-order valence-electron chi connectivity index (χ0n) is 20.4. The van der Waals surface area contributed by atoms with Crippen molar-refractivity contribution in [1.29, 1.82) is 0 Å². The summed E-state index contributed by atoms with van der Waals surface area (Å²) in [5.41, 5.74) is 1.72. The number of nitrogens with zero attached hydrogens (tertiary/aromatic N) is 6. The van der Waals surface area contributed by atoms with Gasteiger partial charge in [-0.05, 0) is 31.2 Å². The van der Waals surface area contributed by atoms with E-state index in [0.717, 1.165) is 36.0 Å². The van der Waals surface area contributed by atoms with Crippen molar-refractivity contribution in [2.75, 3.05) is 80.8 Å². The second kappa shape index (κ2) is 10.1. The van der Waals surface area contributed by atoms with E-state index >= 15 is 0 Å². The van der Waals surface area contributed by atoms with E-state index in [1.165, 1.54) is 0 Å². The van der Waals surface area contributed by atoms with Crippen LogP contribution in [0.5, 0.6) is 5.75 Å². The Bertz CT molecular complexity index is 1060. The molecule has 10 heteroatoms. The van der Waals surface area contributed by atoms with E-state index in [0.29, 0.717) is 51.9 Å². The molecule has 2 amide bonds. The molecule has 10 nitrogen and oxygen atoms in total. The summed E-state index contributed by atoms with van der Waals surface area (Å²) in [7, 11) is 1.61. The molecule has 5 rings (SSSR count). The summed E-state index contributed by atoms with van der Waals surface area (Å²) in [6.45, 7) is 7.98. The van der Waals surface area contributed by atoms with Crippen LogP contribution in [0, 0.1) is 12.8 Å². The van der Waals surface area contributed by atoms with Crippen molar-refractivity contribution in [3.63, 3.8) is 0 Å². The highest BCUT2D eigenvalue weighted by atomic mass is 16.5. The van der Waals surface area contributed by atoms with Gasteiger partial charge in [-0.3, -0.25) is 9.59 Å². The second-order valence-corrected chi connectivity index (χ2v) is 9.18. The summed E-state index contributed by atoms with van der Waals surface area (Å²) in [5.74, 6) is 2.08. The molecule has 0 aliphatic carbocycles. The highest BCUT2D eigenvalue weighted by Gasteiger charge is 2.38. The summed E-state index contributed by atoms with van der Waals surface area (Å²) in [6.07, 6.45) is 0.245. The monoisotopic (exact) mass is 480 g/mol. The number of carbonyl (C=O) groups excluding carboxylic acids is 2. The quantitative estimate of drug-likeness (QED) is 0.633. The van der Waals surface area contributed by atoms with Gasteiger partial charge in [0.1, 0.15) is 11.6 Å². The summed E-state index contributed by atoms with van der Waals surface area (Å²) in [6, 6.07) is 9.38. The van der Waals surface area contributed by atoms with Gasteiger partial charge >= 0.3 is 0 Å². The third-order valence-electron chi connectivity index (χ3n) is 6.90. The first-order valence-corrected chi connectivity index (χ1v) is 12.2. The standard InChI is InChI=1S/C25H32N6O4/c1-18-15-22(28-11-13-35-14-12-28)27-25(26-18)30-9-7-29(8-10-30)24(33)19-16-23(32)31(17-19)20-3-5-21(34-2)6-4-20/h3-6,15,19H,7-14,16-17H2,1-2H3. The molecule has 1 aromatic heterocycles. The molecule has 1 unspecified atom stereocenters. The Morgan fingerprint density at radius 1 is 1.00 bits per heavy atom. The molecule has 0 spiro atoms. The molecule has 0 radical (unpaired) electrons. The Kier molecular flexibility index (Phi) is 6.72. The first-order valence-electron chi connectivity index (χ1n) is 12.2. The number of hydrogen-bond acceptors (Lipinski definition) is 8. The zero-order valence-corrected chi connectivity index (χ0v) is 20.4.